The molecule has 8 nitrogen and oxygen atoms in total. The summed E-state index contributed by atoms with van der Waals surface area (Å²) in [4.78, 5) is 50.8. The van der Waals surface area contributed by atoms with Gasteiger partial charge in [-0.3, -0.25) is 14.5 Å². The molecule has 3 aliphatic rings. The minimum Gasteiger partial charge on any atom is -0.460 e. The van der Waals surface area contributed by atoms with Crippen molar-refractivity contribution in [1.82, 2.24) is 10.2 Å². The van der Waals surface area contributed by atoms with Crippen molar-refractivity contribution in [1.29, 1.82) is 0 Å². The van der Waals surface area contributed by atoms with E-state index in [1.807, 2.05) is 12.2 Å². The van der Waals surface area contributed by atoms with E-state index in [0.717, 1.165) is 25.7 Å². The number of nitrogens with one attached hydrogen (secondary N) is 1. The summed E-state index contributed by atoms with van der Waals surface area (Å²) in [6.07, 6.45) is 11.5. The molecule has 0 bridgehead atoms. The van der Waals surface area contributed by atoms with Crippen LogP contribution in [0.2, 0.25) is 0 Å². The molecule has 0 aromatic heterocycles. The molecule has 2 fully saturated rings. The Morgan fingerprint density at radius 2 is 1.47 bits per heavy atom. The molecule has 45 heavy (non-hydrogen) atoms. The Morgan fingerprint density at radius 3 is 2.04 bits per heavy atom. The van der Waals surface area contributed by atoms with Gasteiger partial charge in [0.1, 0.15) is 6.61 Å². The molecule has 6 atom stereocenters. The first-order valence-corrected chi connectivity index (χ1v) is 14.3. The van der Waals surface area contributed by atoms with Crippen molar-refractivity contribution in [2.24, 2.45) is 35.5 Å². The van der Waals surface area contributed by atoms with Crippen LogP contribution < -0.4 is 5.32 Å². The number of carbonyl (C=O) groups excluding carboxylic acids is 4. The van der Waals surface area contributed by atoms with E-state index >= 15 is 0 Å². The number of fused-ring (bicyclic) bond motifs is 1. The first kappa shape index (κ1) is 41.1. The number of nitrogens with zero attached hydrogens (tertiary/aromatic N) is 1. The topological polar surface area (TPSA) is 102 Å². The number of benzene rings is 1. The fraction of sp³-hybridized carbons (Fsp3) is 0.514. The van der Waals surface area contributed by atoms with E-state index in [4.69, 9.17) is 9.47 Å². The lowest BCUT2D eigenvalue weighted by Crippen LogP contribution is -2.35. The molecule has 1 aliphatic heterocycles. The van der Waals surface area contributed by atoms with Crippen molar-refractivity contribution in [3.8, 4) is 0 Å². The second-order valence-electron chi connectivity index (χ2n) is 11.4. The van der Waals surface area contributed by atoms with Crippen LogP contribution in [0.4, 0.5) is 4.79 Å². The highest BCUT2D eigenvalue weighted by atomic mass is 16.6. The van der Waals surface area contributed by atoms with Gasteiger partial charge in [-0.25, -0.2) is 9.59 Å². The Morgan fingerprint density at radius 1 is 0.867 bits per heavy atom. The molecule has 1 aromatic carbocycles. The average Bonchev–Trinajstić information content (AvgIpc) is 3.63. The van der Waals surface area contributed by atoms with E-state index in [2.05, 4.69) is 37.2 Å². The number of imide groups is 1. The molecule has 0 radical (unpaired) electrons. The maximum Gasteiger partial charge on any atom is 0.407 e. The van der Waals surface area contributed by atoms with E-state index in [1.54, 1.807) is 31.2 Å². The number of amides is 3. The molecule has 1 heterocycles. The summed E-state index contributed by atoms with van der Waals surface area (Å²) in [6, 6.07) is 7.01. The Hall–Kier alpha value is -3.94. The van der Waals surface area contributed by atoms with Gasteiger partial charge in [0.25, 0.3) is 11.8 Å². The van der Waals surface area contributed by atoms with Gasteiger partial charge < -0.3 is 14.8 Å². The van der Waals surface area contributed by atoms with Crippen LogP contribution >= 0.6 is 0 Å². The molecule has 6 unspecified atom stereocenters. The van der Waals surface area contributed by atoms with Crippen molar-refractivity contribution >= 4 is 23.9 Å². The lowest BCUT2D eigenvalue weighted by molar-refractivity contribution is -0.138. The Labute approximate surface area is 271 Å². The van der Waals surface area contributed by atoms with Crippen molar-refractivity contribution in [3.63, 3.8) is 0 Å². The van der Waals surface area contributed by atoms with Gasteiger partial charge in [0.2, 0.25) is 0 Å². The maximum absolute atomic E-state index is 13.0. The third kappa shape index (κ3) is 10.0. The Bertz CT molecular complexity index is 1200. The average molecular weight is 625 g/mol. The van der Waals surface area contributed by atoms with Crippen LogP contribution in [0.3, 0.4) is 0 Å². The fourth-order valence-electron chi connectivity index (χ4n) is 6.27. The van der Waals surface area contributed by atoms with Crippen LogP contribution in [0.15, 0.2) is 73.9 Å². The summed E-state index contributed by atoms with van der Waals surface area (Å²) in [5.41, 5.74) is 1.27. The maximum atomic E-state index is 13.0. The van der Waals surface area contributed by atoms with E-state index in [1.165, 1.54) is 4.90 Å². The third-order valence-corrected chi connectivity index (χ3v) is 8.52. The molecule has 1 aromatic rings. The van der Waals surface area contributed by atoms with Crippen molar-refractivity contribution < 1.29 is 28.7 Å². The number of hydrogen-bond donors (Lipinski definition) is 1. The number of hydrogen-bond acceptors (Lipinski definition) is 6. The SMILES string of the molecule is C.C.C.C.C=CC1CC(/C=C\C2CC(C=C)C(COC(=O)NCCOC(=O)C(=C)C)C2)C(CN2C(=O)c3ccccc3C2=O)C1. The van der Waals surface area contributed by atoms with Crippen LogP contribution in [0.5, 0.6) is 0 Å². The third-order valence-electron chi connectivity index (χ3n) is 8.52. The van der Waals surface area contributed by atoms with Crippen molar-refractivity contribution in [2.75, 3.05) is 26.3 Å². The lowest BCUT2D eigenvalue weighted by Gasteiger charge is -2.22. The predicted octanol–water partition coefficient (Wildman–Crippen LogP) is 7.89. The molecule has 0 spiro atoms. The molecule has 2 aliphatic carbocycles. The minimum atomic E-state index is -0.546. The largest absolute Gasteiger partial charge is 0.460 e. The normalized spacial score (nSPS) is 24.7. The summed E-state index contributed by atoms with van der Waals surface area (Å²) in [5, 5.41) is 2.60. The van der Waals surface area contributed by atoms with Crippen LogP contribution in [-0.2, 0) is 14.3 Å². The molecule has 4 rings (SSSR count). The van der Waals surface area contributed by atoms with Gasteiger partial charge in [-0.15, -0.1) is 13.2 Å². The molecule has 2 saturated carbocycles. The number of rotatable bonds is 12. The number of carbonyl (C=O) groups is 4. The van der Waals surface area contributed by atoms with Gasteiger partial charge in [-0.1, -0.05) is 72.7 Å². The van der Waals surface area contributed by atoms with Gasteiger partial charge in [-0.05, 0) is 74.3 Å². The van der Waals surface area contributed by atoms with E-state index in [0.29, 0.717) is 35.1 Å². The molecular weight excluding hydrogens is 568 g/mol. The van der Waals surface area contributed by atoms with Crippen molar-refractivity contribution in [3.05, 3.63) is 85.0 Å². The van der Waals surface area contributed by atoms with Gasteiger partial charge in [0.05, 0.1) is 24.3 Å². The standard InChI is InChI=1S/C33H40N2O6.4CH4/c1-5-22-15-25(26(16-22)19-35-30(36)28-9-7-8-10-29(28)31(35)37)12-11-23-17-24(6-2)27(18-23)20-41-33(39)34-13-14-40-32(38)21(3)4;;;;/h5-12,22-27H,1-3,13-20H2,4H3,(H,34,39);4*1H4/b12-11-;;;;. The highest BCUT2D eigenvalue weighted by molar-refractivity contribution is 6.21. The minimum absolute atomic E-state index is 0. The highest BCUT2D eigenvalue weighted by Crippen LogP contribution is 2.42. The van der Waals surface area contributed by atoms with Crippen molar-refractivity contribution in [2.45, 2.75) is 62.3 Å². The number of esters is 1. The first-order valence-electron chi connectivity index (χ1n) is 14.3. The first-order chi connectivity index (χ1) is 19.7. The molecule has 3 amide bonds. The predicted molar refractivity (Wildman–Crippen MR) is 183 cm³/mol. The van der Waals surface area contributed by atoms with Gasteiger partial charge in [-0.2, -0.15) is 0 Å². The van der Waals surface area contributed by atoms with Crippen LogP contribution in [0, 0.1) is 35.5 Å². The van der Waals surface area contributed by atoms with E-state index < -0.39 is 12.1 Å². The Kier molecular flexibility index (Phi) is 17.1. The lowest BCUT2D eigenvalue weighted by atomic mass is 9.93. The van der Waals surface area contributed by atoms with Gasteiger partial charge in [0, 0.05) is 18.0 Å². The fourth-order valence-corrected chi connectivity index (χ4v) is 6.27. The van der Waals surface area contributed by atoms with Crippen LogP contribution in [0.25, 0.3) is 0 Å². The molecule has 1 N–H and O–H groups in total. The number of allylic oxidation sites excluding steroid dienone is 4. The quantitative estimate of drug-likeness (QED) is 0.0834. The summed E-state index contributed by atoms with van der Waals surface area (Å²) in [6.45, 7) is 14.0. The van der Waals surface area contributed by atoms with Gasteiger partial charge in [0.15, 0.2) is 0 Å². The zero-order valence-electron chi connectivity index (χ0n) is 23.8. The highest BCUT2D eigenvalue weighted by Gasteiger charge is 2.40. The van der Waals surface area contributed by atoms with Crippen LogP contribution in [-0.4, -0.2) is 55.1 Å². The smallest absolute Gasteiger partial charge is 0.407 e. The van der Waals surface area contributed by atoms with Crippen LogP contribution in [0.1, 0.15) is 83.0 Å². The van der Waals surface area contributed by atoms with E-state index in [9.17, 15) is 19.2 Å². The Balaban J connectivity index is 0.00000484. The molecular formula is C37H56N2O6. The van der Waals surface area contributed by atoms with Gasteiger partial charge >= 0.3 is 12.1 Å². The summed E-state index contributed by atoms with van der Waals surface area (Å²) in [5.74, 6) is 0.555. The summed E-state index contributed by atoms with van der Waals surface area (Å²) < 4.78 is 10.4. The molecule has 8 heteroatoms. The second-order valence-corrected chi connectivity index (χ2v) is 11.4. The second kappa shape index (κ2) is 18.8. The number of ether oxygens (including phenoxy) is 2. The number of alkyl carbamates (subject to hydrolysis) is 1. The summed E-state index contributed by atoms with van der Waals surface area (Å²) >= 11 is 0. The van der Waals surface area contributed by atoms with E-state index in [-0.39, 0.29) is 85.0 Å². The zero-order chi connectivity index (χ0) is 29.5. The monoisotopic (exact) mass is 624 g/mol. The molecule has 250 valence electrons. The zero-order valence-corrected chi connectivity index (χ0v) is 23.8. The molecule has 0 saturated heterocycles. The summed E-state index contributed by atoms with van der Waals surface area (Å²) in [7, 11) is 0.